The predicted octanol–water partition coefficient (Wildman–Crippen LogP) is 4.75. The quantitative estimate of drug-likeness (QED) is 0.275. The van der Waals surface area contributed by atoms with Crippen molar-refractivity contribution in [2.45, 2.75) is 0 Å². The molecule has 0 unspecified atom stereocenters. The van der Waals surface area contributed by atoms with E-state index < -0.39 is 0 Å². The number of anilines is 1. The zero-order chi connectivity index (χ0) is 16.8. The van der Waals surface area contributed by atoms with Gasteiger partial charge in [-0.2, -0.15) is 0 Å². The Balaban J connectivity index is 1.69. The van der Waals surface area contributed by atoms with Crippen LogP contribution in [-0.2, 0) is 0 Å². The first-order valence-corrected chi connectivity index (χ1v) is 7.49. The summed E-state index contributed by atoms with van der Waals surface area (Å²) in [5.41, 5.74) is 12.8. The maximum atomic E-state index is 7.36. The van der Waals surface area contributed by atoms with E-state index in [0.717, 1.165) is 16.8 Å². The van der Waals surface area contributed by atoms with E-state index in [9.17, 15) is 0 Å². The van der Waals surface area contributed by atoms with Crippen molar-refractivity contribution in [2.75, 3.05) is 5.43 Å². The lowest BCUT2D eigenvalue weighted by Gasteiger charge is -2.04. The van der Waals surface area contributed by atoms with Crippen LogP contribution in [0, 0.1) is 5.41 Å². The molecule has 0 saturated heterocycles. The van der Waals surface area contributed by atoms with Crippen LogP contribution in [0.4, 0.5) is 11.4 Å². The molecule has 0 amide bonds. The highest BCUT2D eigenvalue weighted by Gasteiger charge is 1.98. The Labute approximate surface area is 140 Å². The molecule has 0 aliphatic heterocycles. The van der Waals surface area contributed by atoms with E-state index in [1.54, 1.807) is 24.3 Å². The molecule has 5 nitrogen and oxygen atoms in total. The minimum atomic E-state index is 0.0364. The molecule has 0 atom stereocenters. The molecule has 118 valence electrons. The van der Waals surface area contributed by atoms with Gasteiger partial charge < -0.3 is 5.73 Å². The van der Waals surface area contributed by atoms with E-state index >= 15 is 0 Å². The molecule has 0 aliphatic rings. The van der Waals surface area contributed by atoms with E-state index in [1.807, 2.05) is 36.4 Å². The van der Waals surface area contributed by atoms with Crippen molar-refractivity contribution in [1.82, 2.24) is 0 Å². The third-order valence-electron chi connectivity index (χ3n) is 3.49. The zero-order valence-electron chi connectivity index (χ0n) is 13.0. The van der Waals surface area contributed by atoms with Gasteiger partial charge in [0.25, 0.3) is 0 Å². The highest BCUT2D eigenvalue weighted by atomic mass is 15.4. The van der Waals surface area contributed by atoms with Gasteiger partial charge in [0.15, 0.2) is 0 Å². The van der Waals surface area contributed by atoms with Crippen LogP contribution in [0.2, 0.25) is 0 Å². The molecule has 0 radical (unpaired) electrons. The molecule has 3 rings (SSSR count). The summed E-state index contributed by atoms with van der Waals surface area (Å²) < 4.78 is 0. The van der Waals surface area contributed by atoms with Crippen molar-refractivity contribution in [3.05, 3.63) is 84.4 Å². The van der Waals surface area contributed by atoms with Gasteiger partial charge in [0.05, 0.1) is 11.4 Å². The van der Waals surface area contributed by atoms with Crippen LogP contribution in [-0.4, -0.2) is 5.84 Å². The van der Waals surface area contributed by atoms with Gasteiger partial charge >= 0.3 is 0 Å². The third-order valence-corrected chi connectivity index (χ3v) is 3.49. The number of nitrogens with one attached hydrogen (secondary N) is 2. The zero-order valence-corrected chi connectivity index (χ0v) is 13.0. The molecule has 3 aromatic rings. The molecule has 4 N–H and O–H groups in total. The van der Waals surface area contributed by atoms with E-state index in [2.05, 4.69) is 34.0 Å². The molecule has 24 heavy (non-hydrogen) atoms. The van der Waals surface area contributed by atoms with Gasteiger partial charge in [0.2, 0.25) is 0 Å². The van der Waals surface area contributed by atoms with Gasteiger partial charge in [-0.3, -0.25) is 10.8 Å². The summed E-state index contributed by atoms with van der Waals surface area (Å²) in [6.45, 7) is 0. The lowest BCUT2D eigenvalue weighted by Crippen LogP contribution is -2.10. The van der Waals surface area contributed by atoms with Crippen LogP contribution in [0.3, 0.4) is 0 Å². The Kier molecular flexibility index (Phi) is 4.62. The molecule has 3 aromatic carbocycles. The van der Waals surface area contributed by atoms with Crippen LogP contribution in [0.15, 0.2) is 89.2 Å². The van der Waals surface area contributed by atoms with Gasteiger partial charge in [-0.15, -0.1) is 5.11 Å². The van der Waals surface area contributed by atoms with E-state index in [0.29, 0.717) is 11.3 Å². The molecule has 0 fully saturated rings. The second-order valence-corrected chi connectivity index (χ2v) is 5.22. The smallest absolute Gasteiger partial charge is 0.122 e. The lowest BCUT2D eigenvalue weighted by atomic mass is 10.1. The third kappa shape index (κ3) is 3.84. The summed E-state index contributed by atoms with van der Waals surface area (Å²) in [4.78, 5) is 0. The van der Waals surface area contributed by atoms with Gasteiger partial charge in [0, 0.05) is 5.56 Å². The number of amidine groups is 1. The number of benzene rings is 3. The summed E-state index contributed by atoms with van der Waals surface area (Å²) in [5.74, 6) is 0.0364. The van der Waals surface area contributed by atoms with Gasteiger partial charge in [-0.1, -0.05) is 47.7 Å². The van der Waals surface area contributed by atoms with Gasteiger partial charge in [-0.05, 0) is 47.5 Å². The van der Waals surface area contributed by atoms with Crippen LogP contribution < -0.4 is 11.2 Å². The normalized spacial score (nSPS) is 10.7. The fourth-order valence-corrected chi connectivity index (χ4v) is 2.25. The van der Waals surface area contributed by atoms with Crippen molar-refractivity contribution in [3.63, 3.8) is 0 Å². The predicted molar refractivity (Wildman–Crippen MR) is 97.5 cm³/mol. The summed E-state index contributed by atoms with van der Waals surface area (Å²) >= 11 is 0. The first-order valence-electron chi connectivity index (χ1n) is 7.49. The molecule has 0 spiro atoms. The Morgan fingerprint density at radius 1 is 0.833 bits per heavy atom. The lowest BCUT2D eigenvalue weighted by molar-refractivity contribution is 1.13. The summed E-state index contributed by atoms with van der Waals surface area (Å²) in [6, 6.07) is 25.2. The minimum absolute atomic E-state index is 0.0364. The summed E-state index contributed by atoms with van der Waals surface area (Å²) in [7, 11) is 0. The van der Waals surface area contributed by atoms with Crippen LogP contribution in [0.1, 0.15) is 5.56 Å². The van der Waals surface area contributed by atoms with Crippen LogP contribution >= 0.6 is 0 Å². The highest BCUT2D eigenvalue weighted by Crippen LogP contribution is 2.22. The monoisotopic (exact) mass is 315 g/mol. The molecule has 0 saturated carbocycles. The maximum Gasteiger partial charge on any atom is 0.122 e. The number of hydrogen-bond donors (Lipinski definition) is 3. The van der Waals surface area contributed by atoms with E-state index in [4.69, 9.17) is 11.1 Å². The summed E-state index contributed by atoms with van der Waals surface area (Å²) in [5, 5.41) is 15.5. The van der Waals surface area contributed by atoms with E-state index in [-0.39, 0.29) is 5.84 Å². The Hall–Kier alpha value is -3.47. The largest absolute Gasteiger partial charge is 0.384 e. The fourth-order valence-electron chi connectivity index (χ4n) is 2.25. The van der Waals surface area contributed by atoms with Crippen molar-refractivity contribution < 1.29 is 0 Å². The second-order valence-electron chi connectivity index (χ2n) is 5.22. The van der Waals surface area contributed by atoms with Gasteiger partial charge in [-0.25, -0.2) is 0 Å². The number of nitrogens with zero attached hydrogens (tertiary/aromatic N) is 2. The van der Waals surface area contributed by atoms with E-state index in [1.165, 1.54) is 0 Å². The van der Waals surface area contributed by atoms with Crippen molar-refractivity contribution in [2.24, 2.45) is 16.1 Å². The van der Waals surface area contributed by atoms with Crippen LogP contribution in [0.5, 0.6) is 0 Å². The molecule has 0 aromatic heterocycles. The molecular formula is C19H17N5. The molecule has 0 heterocycles. The van der Waals surface area contributed by atoms with Crippen LogP contribution in [0.25, 0.3) is 11.1 Å². The second kappa shape index (κ2) is 7.19. The van der Waals surface area contributed by atoms with Gasteiger partial charge in [0.1, 0.15) is 5.84 Å². The number of rotatable bonds is 5. The minimum Gasteiger partial charge on any atom is -0.384 e. The van der Waals surface area contributed by atoms with Crippen molar-refractivity contribution in [3.8, 4) is 11.1 Å². The SMILES string of the molecule is N=C(N)c1ccc(/N=N/Nc2cccc(-c3ccccc3)c2)cc1. The van der Waals surface area contributed by atoms with Crippen molar-refractivity contribution >= 4 is 17.2 Å². The molecule has 5 heteroatoms. The number of nitrogens with two attached hydrogens (primary N) is 1. The summed E-state index contributed by atoms with van der Waals surface area (Å²) in [6.07, 6.45) is 0. The number of hydrogen-bond acceptors (Lipinski definition) is 3. The Morgan fingerprint density at radius 3 is 2.25 bits per heavy atom. The Bertz CT molecular complexity index is 854. The highest BCUT2D eigenvalue weighted by molar-refractivity contribution is 5.95. The van der Waals surface area contributed by atoms with Crippen molar-refractivity contribution in [1.29, 1.82) is 5.41 Å². The number of nitrogen functional groups attached to an aromatic ring is 1. The molecular weight excluding hydrogens is 298 g/mol. The molecule has 0 bridgehead atoms. The topological polar surface area (TPSA) is 86.6 Å². The average Bonchev–Trinajstić information content (AvgIpc) is 2.63. The first-order chi connectivity index (χ1) is 11.7. The Morgan fingerprint density at radius 2 is 1.54 bits per heavy atom. The maximum absolute atomic E-state index is 7.36. The average molecular weight is 315 g/mol. The first kappa shape index (κ1) is 15.4. The standard InChI is InChI=1S/C19H17N5/c20-19(21)15-9-11-17(12-10-15)22-24-23-18-8-4-7-16(13-18)14-5-2-1-3-6-14/h1-13H,(H3,20,21)(H,22,23). The molecule has 0 aliphatic carbocycles. The fraction of sp³-hybridized carbons (Fsp3) is 0.